The van der Waals surface area contributed by atoms with E-state index in [0.717, 1.165) is 12.8 Å². The Labute approximate surface area is 137 Å². The van der Waals surface area contributed by atoms with E-state index in [-0.39, 0.29) is 42.7 Å². The number of hydrogen-bond acceptors (Lipinski definition) is 4. The van der Waals surface area contributed by atoms with E-state index in [9.17, 15) is 4.79 Å². The van der Waals surface area contributed by atoms with E-state index in [0.29, 0.717) is 19.8 Å². The minimum atomic E-state index is -0.441. The van der Waals surface area contributed by atoms with E-state index in [1.807, 2.05) is 19.2 Å². The third-order valence-electron chi connectivity index (χ3n) is 3.49. The molecule has 6 nitrogen and oxygen atoms in total. The summed E-state index contributed by atoms with van der Waals surface area (Å²) >= 11 is 0. The summed E-state index contributed by atoms with van der Waals surface area (Å²) in [5.74, 6) is 0.150. The number of halogens is 2. The molecule has 0 aliphatic carbocycles. The normalized spacial score (nSPS) is 18.0. The Bertz CT molecular complexity index is 397. The maximum atomic E-state index is 12.1. The Balaban J connectivity index is 0.00000200. The van der Waals surface area contributed by atoms with Gasteiger partial charge >= 0.3 is 0 Å². The Kier molecular flexibility index (Phi) is 9.61. The van der Waals surface area contributed by atoms with Crippen LogP contribution in [0.25, 0.3) is 0 Å². The van der Waals surface area contributed by atoms with Gasteiger partial charge < -0.3 is 15.8 Å². The molecule has 2 atom stereocenters. The van der Waals surface area contributed by atoms with Gasteiger partial charge in [-0.15, -0.1) is 24.8 Å². The molecule has 2 unspecified atom stereocenters. The summed E-state index contributed by atoms with van der Waals surface area (Å²) in [4.78, 5) is 12.1. The van der Waals surface area contributed by atoms with Crippen LogP contribution >= 0.6 is 24.8 Å². The number of aromatic nitrogens is 2. The number of nitrogens with zero attached hydrogens (tertiary/aromatic N) is 2. The van der Waals surface area contributed by atoms with Gasteiger partial charge in [0.1, 0.15) is 0 Å². The minimum Gasteiger partial charge on any atom is -0.381 e. The number of carbonyl (C=O) groups excluding carboxylic acids is 1. The molecule has 0 spiro atoms. The zero-order valence-electron chi connectivity index (χ0n) is 12.1. The lowest BCUT2D eigenvalue weighted by Gasteiger charge is -2.27. The first-order valence-electron chi connectivity index (χ1n) is 6.78. The minimum absolute atomic E-state index is 0. The molecular formula is C13H24Cl2N4O2. The first kappa shape index (κ1) is 20.2. The van der Waals surface area contributed by atoms with Crippen LogP contribution in [0.2, 0.25) is 0 Å². The van der Waals surface area contributed by atoms with Crippen LogP contribution in [0.5, 0.6) is 0 Å². The number of nitrogens with two attached hydrogens (primary N) is 1. The number of hydrogen-bond donors (Lipinski definition) is 2. The summed E-state index contributed by atoms with van der Waals surface area (Å²) in [6, 6.07) is 1.43. The monoisotopic (exact) mass is 338 g/mol. The molecule has 21 heavy (non-hydrogen) atoms. The molecule has 122 valence electrons. The van der Waals surface area contributed by atoms with Gasteiger partial charge in [0.15, 0.2) is 0 Å². The predicted octanol–water partition coefficient (Wildman–Crippen LogP) is 0.985. The third kappa shape index (κ3) is 6.22. The van der Waals surface area contributed by atoms with Crippen molar-refractivity contribution in [3.63, 3.8) is 0 Å². The average Bonchev–Trinajstić information content (AvgIpc) is 2.91. The molecule has 1 amide bonds. The fraction of sp³-hybridized carbons (Fsp3) is 0.692. The fourth-order valence-electron chi connectivity index (χ4n) is 2.36. The van der Waals surface area contributed by atoms with Crippen LogP contribution in [0.4, 0.5) is 0 Å². The van der Waals surface area contributed by atoms with Crippen LogP contribution in [-0.4, -0.2) is 41.0 Å². The molecule has 1 aromatic heterocycles. The number of carbonyl (C=O) groups is 1. The fourth-order valence-corrected chi connectivity index (χ4v) is 2.36. The van der Waals surface area contributed by atoms with Crippen molar-refractivity contribution in [1.82, 2.24) is 15.1 Å². The Morgan fingerprint density at radius 2 is 2.14 bits per heavy atom. The van der Waals surface area contributed by atoms with Gasteiger partial charge in [-0.1, -0.05) is 0 Å². The van der Waals surface area contributed by atoms with Crippen molar-refractivity contribution in [2.75, 3.05) is 13.2 Å². The Morgan fingerprint density at radius 3 is 2.71 bits per heavy atom. The second-order valence-electron chi connectivity index (χ2n) is 5.11. The van der Waals surface area contributed by atoms with Crippen LogP contribution in [0.3, 0.4) is 0 Å². The van der Waals surface area contributed by atoms with Gasteiger partial charge in [-0.2, -0.15) is 5.10 Å². The molecule has 2 rings (SSSR count). The SMILES string of the molecule is CC(Cn1cccn1)NC(=O)C(N)C1CCOCC1.Cl.Cl. The van der Waals surface area contributed by atoms with E-state index in [1.165, 1.54) is 0 Å². The molecule has 8 heteroatoms. The highest BCUT2D eigenvalue weighted by Gasteiger charge is 2.27. The molecule has 0 saturated carbocycles. The highest BCUT2D eigenvalue weighted by molar-refractivity contribution is 5.85. The van der Waals surface area contributed by atoms with Crippen LogP contribution in [-0.2, 0) is 16.1 Å². The van der Waals surface area contributed by atoms with Crippen molar-refractivity contribution in [2.24, 2.45) is 11.7 Å². The van der Waals surface area contributed by atoms with Crippen molar-refractivity contribution in [2.45, 2.75) is 38.4 Å². The molecule has 1 aromatic rings. The smallest absolute Gasteiger partial charge is 0.237 e. The van der Waals surface area contributed by atoms with E-state index in [4.69, 9.17) is 10.5 Å². The summed E-state index contributed by atoms with van der Waals surface area (Å²) in [6.07, 6.45) is 5.33. The molecule has 1 aliphatic rings. The molecule has 3 N–H and O–H groups in total. The molecular weight excluding hydrogens is 315 g/mol. The molecule has 0 aromatic carbocycles. The van der Waals surface area contributed by atoms with Gasteiger partial charge in [-0.3, -0.25) is 9.48 Å². The lowest BCUT2D eigenvalue weighted by atomic mass is 9.92. The average molecular weight is 339 g/mol. The summed E-state index contributed by atoms with van der Waals surface area (Å²) < 4.78 is 7.08. The maximum absolute atomic E-state index is 12.1. The first-order chi connectivity index (χ1) is 9.16. The molecule has 0 bridgehead atoms. The topological polar surface area (TPSA) is 82.2 Å². The highest BCUT2D eigenvalue weighted by atomic mass is 35.5. The number of rotatable bonds is 5. The van der Waals surface area contributed by atoms with Crippen molar-refractivity contribution >= 4 is 30.7 Å². The van der Waals surface area contributed by atoms with E-state index in [2.05, 4.69) is 10.4 Å². The van der Waals surface area contributed by atoms with Gasteiger partial charge in [0, 0.05) is 31.6 Å². The van der Waals surface area contributed by atoms with Crippen molar-refractivity contribution in [3.05, 3.63) is 18.5 Å². The van der Waals surface area contributed by atoms with Gasteiger partial charge in [-0.05, 0) is 31.7 Å². The summed E-state index contributed by atoms with van der Waals surface area (Å²) in [5, 5.41) is 7.07. The van der Waals surface area contributed by atoms with Gasteiger partial charge in [0.05, 0.1) is 12.6 Å². The second-order valence-corrected chi connectivity index (χ2v) is 5.11. The highest BCUT2D eigenvalue weighted by Crippen LogP contribution is 2.17. The third-order valence-corrected chi connectivity index (χ3v) is 3.49. The lowest BCUT2D eigenvalue weighted by Crippen LogP contribution is -2.50. The zero-order chi connectivity index (χ0) is 13.7. The zero-order valence-corrected chi connectivity index (χ0v) is 13.7. The Hall–Kier alpha value is -0.820. The standard InChI is InChI=1S/C13H22N4O2.2ClH/c1-10(9-17-6-2-5-15-17)16-13(18)12(14)11-3-7-19-8-4-11;;/h2,5-6,10-12H,3-4,7-9,14H2,1H3,(H,16,18);2*1H. The van der Waals surface area contributed by atoms with E-state index >= 15 is 0 Å². The van der Waals surface area contributed by atoms with Crippen molar-refractivity contribution < 1.29 is 9.53 Å². The quantitative estimate of drug-likeness (QED) is 0.838. The predicted molar refractivity (Wildman–Crippen MR) is 85.8 cm³/mol. The Morgan fingerprint density at radius 1 is 1.48 bits per heavy atom. The molecule has 1 aliphatic heterocycles. The molecule has 1 saturated heterocycles. The number of amides is 1. The summed E-state index contributed by atoms with van der Waals surface area (Å²) in [7, 11) is 0. The molecule has 2 heterocycles. The van der Waals surface area contributed by atoms with Gasteiger partial charge in [0.2, 0.25) is 5.91 Å². The molecule has 1 fully saturated rings. The number of ether oxygens (including phenoxy) is 1. The van der Waals surface area contributed by atoms with Gasteiger partial charge in [-0.25, -0.2) is 0 Å². The van der Waals surface area contributed by atoms with Crippen molar-refractivity contribution in [1.29, 1.82) is 0 Å². The van der Waals surface area contributed by atoms with Gasteiger partial charge in [0.25, 0.3) is 0 Å². The second kappa shape index (κ2) is 10.00. The maximum Gasteiger partial charge on any atom is 0.237 e. The van der Waals surface area contributed by atoms with Crippen LogP contribution < -0.4 is 11.1 Å². The number of nitrogens with one attached hydrogen (secondary N) is 1. The molecule has 0 radical (unpaired) electrons. The lowest BCUT2D eigenvalue weighted by molar-refractivity contribution is -0.125. The van der Waals surface area contributed by atoms with Crippen LogP contribution in [0.1, 0.15) is 19.8 Å². The summed E-state index contributed by atoms with van der Waals surface area (Å²) in [5.41, 5.74) is 6.02. The largest absolute Gasteiger partial charge is 0.381 e. The first-order valence-corrected chi connectivity index (χ1v) is 6.78. The van der Waals surface area contributed by atoms with Crippen LogP contribution in [0, 0.1) is 5.92 Å². The van der Waals surface area contributed by atoms with E-state index in [1.54, 1.807) is 10.9 Å². The van der Waals surface area contributed by atoms with Crippen LogP contribution in [0.15, 0.2) is 18.5 Å². The summed E-state index contributed by atoms with van der Waals surface area (Å²) in [6.45, 7) is 4.01. The van der Waals surface area contributed by atoms with E-state index < -0.39 is 6.04 Å². The van der Waals surface area contributed by atoms with Crippen molar-refractivity contribution in [3.8, 4) is 0 Å².